The molecule has 1 heterocycles. The predicted molar refractivity (Wildman–Crippen MR) is 99.6 cm³/mol. The Labute approximate surface area is 184 Å². The van der Waals surface area contributed by atoms with Crippen molar-refractivity contribution in [1.29, 1.82) is 0 Å². The first kappa shape index (κ1) is 26.7. The van der Waals surface area contributed by atoms with Crippen LogP contribution in [0.2, 0.25) is 0 Å². The Morgan fingerprint density at radius 2 is 1.58 bits per heavy atom. The van der Waals surface area contributed by atoms with Gasteiger partial charge >= 0.3 is 24.4 Å². The molecule has 0 radical (unpaired) electrons. The zero-order valence-corrected chi connectivity index (χ0v) is 17.9. The SMILES string of the molecule is COC(=O)c1ccc(S(=O)(=O)NCC2CCN(C(=O)OC(C(F)(F)F)C(F)(F)F)CC2)cc1. The van der Waals surface area contributed by atoms with E-state index >= 15 is 0 Å². The van der Waals surface area contributed by atoms with Crippen LogP contribution >= 0.6 is 0 Å². The number of sulfonamides is 1. The van der Waals surface area contributed by atoms with Gasteiger partial charge in [-0.3, -0.25) is 0 Å². The summed E-state index contributed by atoms with van der Waals surface area (Å²) < 4.78 is 110. The molecular weight excluding hydrogens is 486 g/mol. The number of ether oxygens (including phenoxy) is 2. The molecule has 1 aliphatic heterocycles. The molecule has 1 saturated heterocycles. The Bertz CT molecular complexity index is 927. The third kappa shape index (κ3) is 7.22. The molecule has 33 heavy (non-hydrogen) atoms. The number of hydrogen-bond donors (Lipinski definition) is 1. The number of rotatable bonds is 6. The van der Waals surface area contributed by atoms with E-state index in [1.54, 1.807) is 0 Å². The van der Waals surface area contributed by atoms with E-state index in [0.717, 1.165) is 0 Å². The van der Waals surface area contributed by atoms with E-state index in [9.17, 15) is 44.3 Å². The van der Waals surface area contributed by atoms with Gasteiger partial charge in [0.1, 0.15) is 0 Å². The van der Waals surface area contributed by atoms with E-state index in [1.807, 2.05) is 0 Å². The highest BCUT2D eigenvalue weighted by Crippen LogP contribution is 2.36. The smallest absolute Gasteiger partial charge is 0.434 e. The number of hydrogen-bond acceptors (Lipinski definition) is 6. The number of carbonyl (C=O) groups excluding carboxylic acids is 2. The van der Waals surface area contributed by atoms with Crippen LogP contribution in [0.1, 0.15) is 23.2 Å². The van der Waals surface area contributed by atoms with Gasteiger partial charge in [-0.15, -0.1) is 0 Å². The van der Waals surface area contributed by atoms with Crippen molar-refractivity contribution >= 4 is 22.1 Å². The summed E-state index contributed by atoms with van der Waals surface area (Å²) in [6.45, 7) is -0.485. The number of esters is 1. The van der Waals surface area contributed by atoms with Gasteiger partial charge in [0, 0.05) is 19.6 Å². The number of benzene rings is 1. The molecule has 1 aromatic rings. The van der Waals surface area contributed by atoms with Gasteiger partial charge < -0.3 is 14.4 Å². The Morgan fingerprint density at radius 1 is 1.06 bits per heavy atom. The van der Waals surface area contributed by atoms with Gasteiger partial charge in [0.15, 0.2) is 0 Å². The Hall–Kier alpha value is -2.55. The molecule has 1 aromatic carbocycles. The van der Waals surface area contributed by atoms with Crippen LogP contribution in [0.3, 0.4) is 0 Å². The summed E-state index contributed by atoms with van der Waals surface area (Å²) in [4.78, 5) is 23.8. The number of likely N-dealkylation sites (tertiary alicyclic amines) is 1. The maximum atomic E-state index is 12.5. The number of alkyl halides is 6. The fraction of sp³-hybridized carbons (Fsp3) is 0.556. The molecule has 0 aliphatic carbocycles. The summed E-state index contributed by atoms with van der Waals surface area (Å²) in [6, 6.07) is 4.93. The van der Waals surface area contributed by atoms with Crippen LogP contribution in [0.25, 0.3) is 0 Å². The molecule has 0 saturated carbocycles. The zero-order valence-electron chi connectivity index (χ0n) is 17.1. The zero-order chi connectivity index (χ0) is 25.0. The highest BCUT2D eigenvalue weighted by atomic mass is 32.2. The first-order valence-corrected chi connectivity index (χ1v) is 10.9. The van der Waals surface area contributed by atoms with Crippen LogP contribution < -0.4 is 4.72 Å². The van der Waals surface area contributed by atoms with E-state index in [4.69, 9.17) is 0 Å². The van der Waals surface area contributed by atoms with Crippen molar-refractivity contribution in [1.82, 2.24) is 9.62 Å². The summed E-state index contributed by atoms with van der Waals surface area (Å²) in [5.74, 6) is -0.965. The van der Waals surface area contributed by atoms with E-state index in [1.165, 1.54) is 31.4 Å². The van der Waals surface area contributed by atoms with Crippen LogP contribution in [0.5, 0.6) is 0 Å². The molecule has 1 fully saturated rings. The minimum Gasteiger partial charge on any atom is -0.465 e. The summed E-state index contributed by atoms with van der Waals surface area (Å²) in [6.07, 6.45) is -17.3. The lowest BCUT2D eigenvalue weighted by Gasteiger charge is -2.33. The molecular formula is C18H20F6N2O6S. The van der Waals surface area contributed by atoms with E-state index in [-0.39, 0.29) is 48.9 Å². The van der Waals surface area contributed by atoms with E-state index in [0.29, 0.717) is 4.90 Å². The first-order chi connectivity index (χ1) is 15.1. The number of amides is 1. The normalized spacial score (nSPS) is 16.1. The Balaban J connectivity index is 1.88. The van der Waals surface area contributed by atoms with Gasteiger partial charge in [-0.1, -0.05) is 0 Å². The van der Waals surface area contributed by atoms with Crippen LogP contribution in [-0.2, 0) is 19.5 Å². The third-order valence-electron chi connectivity index (χ3n) is 4.83. The van der Waals surface area contributed by atoms with Gasteiger partial charge in [0.2, 0.25) is 10.0 Å². The quantitative estimate of drug-likeness (QED) is 0.470. The van der Waals surface area contributed by atoms with Gasteiger partial charge in [0.25, 0.3) is 6.10 Å². The predicted octanol–water partition coefficient (Wildman–Crippen LogP) is 3.09. The van der Waals surface area contributed by atoms with Gasteiger partial charge in [-0.2, -0.15) is 26.3 Å². The largest absolute Gasteiger partial charge is 0.465 e. The Kier molecular flexibility index (Phi) is 8.22. The second-order valence-corrected chi connectivity index (χ2v) is 8.91. The van der Waals surface area contributed by atoms with Gasteiger partial charge in [0.05, 0.1) is 17.6 Å². The number of nitrogens with zero attached hydrogens (tertiary/aromatic N) is 1. The van der Waals surface area contributed by atoms with Crippen LogP contribution in [0.4, 0.5) is 31.1 Å². The highest BCUT2D eigenvalue weighted by molar-refractivity contribution is 7.89. The number of carbonyl (C=O) groups is 2. The number of nitrogens with one attached hydrogen (secondary N) is 1. The van der Waals surface area contributed by atoms with E-state index in [2.05, 4.69) is 14.2 Å². The number of halogens is 6. The molecule has 2 rings (SSSR count). The summed E-state index contributed by atoms with van der Waals surface area (Å²) in [5, 5.41) is 0. The molecule has 0 unspecified atom stereocenters. The maximum absolute atomic E-state index is 12.5. The van der Waals surface area contributed by atoms with Gasteiger partial charge in [-0.25, -0.2) is 22.7 Å². The molecule has 186 valence electrons. The van der Waals surface area contributed by atoms with Crippen molar-refractivity contribution in [2.24, 2.45) is 5.92 Å². The van der Waals surface area contributed by atoms with Gasteiger partial charge in [-0.05, 0) is 43.0 Å². The number of methoxy groups -OCH3 is 1. The fourth-order valence-electron chi connectivity index (χ4n) is 3.01. The van der Waals surface area contributed by atoms with Crippen LogP contribution in [0.15, 0.2) is 29.2 Å². The van der Waals surface area contributed by atoms with Crippen molar-refractivity contribution in [3.8, 4) is 0 Å². The molecule has 1 aliphatic rings. The molecule has 15 heteroatoms. The average molecular weight is 506 g/mol. The molecule has 1 amide bonds. The molecule has 0 spiro atoms. The molecule has 0 atom stereocenters. The van der Waals surface area contributed by atoms with Crippen molar-refractivity contribution in [2.75, 3.05) is 26.7 Å². The lowest BCUT2D eigenvalue weighted by atomic mass is 9.97. The Morgan fingerprint density at radius 3 is 2.03 bits per heavy atom. The standard InChI is InChI=1S/C18H20F6N2O6S/c1-31-14(27)12-2-4-13(5-3-12)33(29,30)25-10-11-6-8-26(9-7-11)16(28)32-15(17(19,20)21)18(22,23)24/h2-5,11,15,25H,6-10H2,1H3. The van der Waals surface area contributed by atoms with Crippen molar-refractivity contribution in [3.63, 3.8) is 0 Å². The first-order valence-electron chi connectivity index (χ1n) is 9.42. The summed E-state index contributed by atoms with van der Waals surface area (Å²) >= 11 is 0. The molecule has 0 aromatic heterocycles. The summed E-state index contributed by atoms with van der Waals surface area (Å²) in [7, 11) is -2.77. The molecule has 8 nitrogen and oxygen atoms in total. The maximum Gasteiger partial charge on any atom is 0.434 e. The average Bonchev–Trinajstić information content (AvgIpc) is 2.74. The minimum atomic E-state index is -5.81. The highest BCUT2D eigenvalue weighted by Gasteiger charge is 2.60. The second-order valence-electron chi connectivity index (χ2n) is 7.15. The van der Waals surface area contributed by atoms with Crippen LogP contribution in [0, 0.1) is 5.92 Å². The monoisotopic (exact) mass is 506 g/mol. The number of piperidine rings is 1. The lowest BCUT2D eigenvalue weighted by molar-refractivity contribution is -0.308. The van der Waals surface area contributed by atoms with Crippen molar-refractivity contribution < 1.29 is 53.8 Å². The van der Waals surface area contributed by atoms with Crippen molar-refractivity contribution in [2.45, 2.75) is 36.2 Å². The fourth-order valence-corrected chi connectivity index (χ4v) is 4.13. The molecule has 0 bridgehead atoms. The topological polar surface area (TPSA) is 102 Å². The second kappa shape index (κ2) is 10.2. The summed E-state index contributed by atoms with van der Waals surface area (Å²) in [5.41, 5.74) is 0.147. The van der Waals surface area contributed by atoms with Crippen LogP contribution in [-0.4, -0.2) is 70.6 Å². The minimum absolute atomic E-state index is 0.0717. The third-order valence-corrected chi connectivity index (χ3v) is 6.27. The lowest BCUT2D eigenvalue weighted by Crippen LogP contribution is -2.49. The van der Waals surface area contributed by atoms with Crippen molar-refractivity contribution in [3.05, 3.63) is 29.8 Å². The van der Waals surface area contributed by atoms with E-state index < -0.39 is 40.5 Å². The molecule has 1 N–H and O–H groups in total.